The number of benzene rings is 1. The van der Waals surface area contributed by atoms with Crippen LogP contribution in [0.15, 0.2) is 24.3 Å². The van der Waals surface area contributed by atoms with Gasteiger partial charge in [-0.1, -0.05) is 25.0 Å². The molecule has 4 nitrogen and oxygen atoms in total. The summed E-state index contributed by atoms with van der Waals surface area (Å²) in [6.07, 6.45) is 14.9. The monoisotopic (exact) mass is 443 g/mol. The maximum Gasteiger partial charge on any atom is 0.119 e. The van der Waals surface area contributed by atoms with Crippen LogP contribution in [0.3, 0.4) is 0 Å². The van der Waals surface area contributed by atoms with E-state index >= 15 is 0 Å². The van der Waals surface area contributed by atoms with Crippen molar-refractivity contribution in [2.24, 2.45) is 0 Å². The van der Waals surface area contributed by atoms with Gasteiger partial charge >= 0.3 is 0 Å². The Morgan fingerprint density at radius 1 is 0.812 bits per heavy atom. The van der Waals surface area contributed by atoms with Crippen LogP contribution in [0.4, 0.5) is 0 Å². The number of hydrogen-bond donors (Lipinski definition) is 0. The Bertz CT molecular complexity index is 598. The molecule has 2 heterocycles. The highest BCUT2D eigenvalue weighted by Gasteiger charge is 2.23. The molecule has 0 atom stereocenters. The second kappa shape index (κ2) is 14.2. The standard InChI is InChI=1S/C22H36N2O.C6H13N/c1-23(2)21-11-7-19(8-12-21)20-9-13-22(14-10-20)25-18-6-17-24-15-4-3-5-16-24;1-7-5-3-2-4-6-7/h9-10,13-14,19,21H,3-8,11-12,15-18H2,1-2H3;2-6H2,1H3. The molecule has 1 aromatic rings. The normalized spacial score (nSPS) is 25.2. The summed E-state index contributed by atoms with van der Waals surface area (Å²) in [5, 5.41) is 0. The molecule has 0 bridgehead atoms. The van der Waals surface area contributed by atoms with Crippen LogP contribution in [0, 0.1) is 0 Å². The lowest BCUT2D eigenvalue weighted by Gasteiger charge is -2.32. The smallest absolute Gasteiger partial charge is 0.119 e. The predicted molar refractivity (Wildman–Crippen MR) is 137 cm³/mol. The van der Waals surface area contributed by atoms with Crippen LogP contribution in [0.5, 0.6) is 5.75 Å². The summed E-state index contributed by atoms with van der Waals surface area (Å²) >= 11 is 0. The van der Waals surface area contributed by atoms with Gasteiger partial charge in [0.15, 0.2) is 0 Å². The molecule has 32 heavy (non-hydrogen) atoms. The van der Waals surface area contributed by atoms with E-state index in [1.165, 1.54) is 102 Å². The molecule has 4 rings (SSSR count). The third-order valence-electron chi connectivity index (χ3n) is 7.69. The number of rotatable bonds is 7. The molecule has 1 aromatic carbocycles. The van der Waals surface area contributed by atoms with E-state index in [9.17, 15) is 0 Å². The Kier molecular flexibility index (Phi) is 11.3. The first-order valence-corrected chi connectivity index (χ1v) is 13.4. The first kappa shape index (κ1) is 25.5. The summed E-state index contributed by atoms with van der Waals surface area (Å²) < 4.78 is 5.95. The summed E-state index contributed by atoms with van der Waals surface area (Å²) in [5.41, 5.74) is 1.50. The maximum atomic E-state index is 5.95. The first-order valence-electron chi connectivity index (χ1n) is 13.4. The number of likely N-dealkylation sites (tertiary alicyclic amines) is 2. The van der Waals surface area contributed by atoms with E-state index in [-0.39, 0.29) is 0 Å². The minimum absolute atomic E-state index is 0.740. The maximum absolute atomic E-state index is 5.95. The lowest BCUT2D eigenvalue weighted by Crippen LogP contribution is -2.31. The third kappa shape index (κ3) is 9.03. The molecule has 0 radical (unpaired) electrons. The molecule has 4 heteroatoms. The van der Waals surface area contributed by atoms with E-state index in [4.69, 9.17) is 4.74 Å². The molecule has 0 spiro atoms. The van der Waals surface area contributed by atoms with Gasteiger partial charge in [-0.2, -0.15) is 0 Å². The second-order valence-electron chi connectivity index (χ2n) is 10.5. The van der Waals surface area contributed by atoms with E-state index in [2.05, 4.69) is 60.1 Å². The fourth-order valence-electron chi connectivity index (χ4n) is 5.47. The van der Waals surface area contributed by atoms with Crippen molar-refractivity contribution >= 4 is 0 Å². The van der Waals surface area contributed by atoms with Crippen LogP contribution in [-0.4, -0.2) is 81.2 Å². The first-order chi connectivity index (χ1) is 15.6. The summed E-state index contributed by atoms with van der Waals surface area (Å²) in [6, 6.07) is 9.71. The molecule has 0 unspecified atom stereocenters. The summed E-state index contributed by atoms with van der Waals surface area (Å²) in [5.74, 6) is 1.77. The van der Waals surface area contributed by atoms with Crippen molar-refractivity contribution in [1.82, 2.24) is 14.7 Å². The Hall–Kier alpha value is -1.10. The van der Waals surface area contributed by atoms with Crippen LogP contribution in [0.1, 0.15) is 82.1 Å². The average molecular weight is 444 g/mol. The van der Waals surface area contributed by atoms with Crippen molar-refractivity contribution in [3.05, 3.63) is 29.8 Å². The van der Waals surface area contributed by atoms with Crippen molar-refractivity contribution < 1.29 is 4.74 Å². The molecule has 2 saturated heterocycles. The van der Waals surface area contributed by atoms with Gasteiger partial charge in [0.05, 0.1) is 6.61 Å². The zero-order chi connectivity index (χ0) is 22.6. The topological polar surface area (TPSA) is 19.0 Å². The zero-order valence-corrected chi connectivity index (χ0v) is 21.2. The third-order valence-corrected chi connectivity index (χ3v) is 7.69. The van der Waals surface area contributed by atoms with Gasteiger partial charge in [-0.05, 0) is 129 Å². The molecule has 1 aliphatic carbocycles. The zero-order valence-electron chi connectivity index (χ0n) is 21.2. The molecule has 0 N–H and O–H groups in total. The molecule has 2 aliphatic heterocycles. The van der Waals surface area contributed by atoms with Crippen LogP contribution in [0.25, 0.3) is 0 Å². The second-order valence-corrected chi connectivity index (χ2v) is 10.5. The van der Waals surface area contributed by atoms with Gasteiger partial charge in [0, 0.05) is 12.6 Å². The molecule has 0 aromatic heterocycles. The van der Waals surface area contributed by atoms with E-state index in [1.54, 1.807) is 0 Å². The Morgan fingerprint density at radius 3 is 1.94 bits per heavy atom. The van der Waals surface area contributed by atoms with Crippen molar-refractivity contribution in [2.45, 2.75) is 82.6 Å². The molecule has 0 amide bonds. The molecule has 3 aliphatic rings. The molecule has 3 fully saturated rings. The van der Waals surface area contributed by atoms with Crippen LogP contribution in [0.2, 0.25) is 0 Å². The van der Waals surface area contributed by atoms with Crippen molar-refractivity contribution in [1.29, 1.82) is 0 Å². The van der Waals surface area contributed by atoms with Crippen molar-refractivity contribution in [3.8, 4) is 5.75 Å². The minimum atomic E-state index is 0.740. The largest absolute Gasteiger partial charge is 0.494 e. The van der Waals surface area contributed by atoms with Crippen LogP contribution >= 0.6 is 0 Å². The Balaban J connectivity index is 0.000000352. The van der Waals surface area contributed by atoms with E-state index in [1.807, 2.05) is 0 Å². The van der Waals surface area contributed by atoms with Gasteiger partial charge in [-0.15, -0.1) is 0 Å². The fraction of sp³-hybridized carbons (Fsp3) is 0.786. The summed E-state index contributed by atoms with van der Waals surface area (Å²) in [7, 11) is 6.62. The highest BCUT2D eigenvalue weighted by atomic mass is 16.5. The molecular weight excluding hydrogens is 394 g/mol. The quantitative estimate of drug-likeness (QED) is 0.508. The van der Waals surface area contributed by atoms with E-state index < -0.39 is 0 Å². The number of hydrogen-bond acceptors (Lipinski definition) is 4. The molecule has 182 valence electrons. The predicted octanol–water partition coefficient (Wildman–Crippen LogP) is 5.63. The molecule has 1 saturated carbocycles. The summed E-state index contributed by atoms with van der Waals surface area (Å²) in [4.78, 5) is 7.36. The fourth-order valence-corrected chi connectivity index (χ4v) is 5.47. The number of nitrogens with zero attached hydrogens (tertiary/aromatic N) is 3. The lowest BCUT2D eigenvalue weighted by atomic mass is 9.81. The van der Waals surface area contributed by atoms with E-state index in [0.717, 1.165) is 30.7 Å². The van der Waals surface area contributed by atoms with Crippen molar-refractivity contribution in [3.63, 3.8) is 0 Å². The number of piperidine rings is 2. The van der Waals surface area contributed by atoms with Crippen LogP contribution in [-0.2, 0) is 0 Å². The highest BCUT2D eigenvalue weighted by molar-refractivity contribution is 5.29. The highest BCUT2D eigenvalue weighted by Crippen LogP contribution is 2.34. The van der Waals surface area contributed by atoms with Crippen LogP contribution < -0.4 is 4.74 Å². The average Bonchev–Trinajstić information content (AvgIpc) is 2.84. The van der Waals surface area contributed by atoms with Gasteiger partial charge < -0.3 is 19.4 Å². The van der Waals surface area contributed by atoms with Gasteiger partial charge in [0.25, 0.3) is 0 Å². The Morgan fingerprint density at radius 2 is 1.41 bits per heavy atom. The number of ether oxygens (including phenoxy) is 1. The SMILES string of the molecule is CN(C)C1CCC(c2ccc(OCCCN3CCCCC3)cc2)CC1.CN1CCCCC1. The Labute approximate surface area is 198 Å². The summed E-state index contributed by atoms with van der Waals surface area (Å²) in [6.45, 7) is 7.23. The lowest BCUT2D eigenvalue weighted by molar-refractivity contribution is 0.205. The van der Waals surface area contributed by atoms with Gasteiger partial charge in [-0.3, -0.25) is 0 Å². The van der Waals surface area contributed by atoms with E-state index in [0.29, 0.717) is 0 Å². The van der Waals surface area contributed by atoms with Gasteiger partial charge in [0.2, 0.25) is 0 Å². The minimum Gasteiger partial charge on any atom is -0.494 e. The molecular formula is C28H49N3O. The van der Waals surface area contributed by atoms with Crippen molar-refractivity contribution in [2.75, 3.05) is 60.5 Å². The van der Waals surface area contributed by atoms with Gasteiger partial charge in [-0.25, -0.2) is 0 Å². The van der Waals surface area contributed by atoms with Gasteiger partial charge in [0.1, 0.15) is 5.75 Å².